The van der Waals surface area contributed by atoms with Crippen molar-refractivity contribution in [3.8, 4) is 5.75 Å². The van der Waals surface area contributed by atoms with Gasteiger partial charge in [0.05, 0.1) is 18.8 Å². The van der Waals surface area contributed by atoms with Gasteiger partial charge in [-0.2, -0.15) is 0 Å². The molecule has 1 saturated heterocycles. The average molecular weight is 379 g/mol. The predicted molar refractivity (Wildman–Crippen MR) is 111 cm³/mol. The molecule has 1 aliphatic heterocycles. The summed E-state index contributed by atoms with van der Waals surface area (Å²) in [5, 5.41) is 4.19. The number of hydrogen-bond donors (Lipinski definition) is 1. The van der Waals surface area contributed by atoms with Crippen molar-refractivity contribution in [3.63, 3.8) is 0 Å². The van der Waals surface area contributed by atoms with Crippen molar-refractivity contribution in [2.75, 3.05) is 12.0 Å². The number of rotatable bonds is 5. The number of anilines is 1. The quantitative estimate of drug-likeness (QED) is 0.678. The molecule has 0 spiro atoms. The maximum absolute atomic E-state index is 5.74. The van der Waals surface area contributed by atoms with E-state index in [0.717, 1.165) is 23.7 Å². The Kier molecular flexibility index (Phi) is 4.81. The Hall–Kier alpha value is -2.86. The number of ether oxygens (including phenoxy) is 1. The molecule has 1 fully saturated rings. The molecule has 27 heavy (non-hydrogen) atoms. The van der Waals surface area contributed by atoms with E-state index in [4.69, 9.17) is 17.0 Å². The second-order valence-corrected chi connectivity index (χ2v) is 6.80. The third-order valence-corrected chi connectivity index (χ3v) is 5.27. The van der Waals surface area contributed by atoms with E-state index in [-0.39, 0.29) is 12.1 Å². The lowest BCUT2D eigenvalue weighted by molar-refractivity contribution is 0.415. The van der Waals surface area contributed by atoms with Crippen molar-refractivity contribution in [2.24, 2.45) is 0 Å². The first kappa shape index (κ1) is 17.5. The minimum absolute atomic E-state index is 0.00995. The van der Waals surface area contributed by atoms with Gasteiger partial charge in [-0.05, 0) is 67.7 Å². The Labute approximate surface area is 164 Å². The molecule has 1 aliphatic rings. The summed E-state index contributed by atoms with van der Waals surface area (Å²) in [7, 11) is 1.67. The number of thiocarbonyl (C=S) groups is 1. The van der Waals surface area contributed by atoms with Gasteiger partial charge < -0.3 is 19.5 Å². The smallest absolute Gasteiger partial charge is 0.174 e. The first-order valence-corrected chi connectivity index (χ1v) is 9.43. The Balaban J connectivity index is 1.81. The molecule has 3 aromatic rings. The Morgan fingerprint density at radius 1 is 1.11 bits per heavy atom. The van der Waals surface area contributed by atoms with Crippen LogP contribution < -0.4 is 15.0 Å². The highest BCUT2D eigenvalue weighted by Gasteiger charge is 2.41. The number of nitrogens with one attached hydrogen (secondary N) is 1. The maximum atomic E-state index is 5.74. The van der Waals surface area contributed by atoms with Gasteiger partial charge in [0.15, 0.2) is 5.11 Å². The summed E-state index contributed by atoms with van der Waals surface area (Å²) in [6.07, 6.45) is 3.93. The van der Waals surface area contributed by atoms with E-state index < -0.39 is 0 Å². The van der Waals surface area contributed by atoms with Crippen molar-refractivity contribution in [2.45, 2.75) is 25.6 Å². The molecule has 5 nitrogen and oxygen atoms in total. The number of pyridine rings is 1. The van der Waals surface area contributed by atoms with Gasteiger partial charge in [0.2, 0.25) is 0 Å². The number of aryl methyl sites for hydroxylation is 1. The molecule has 0 saturated carbocycles. The molecular weight excluding hydrogens is 356 g/mol. The normalized spacial score (nSPS) is 19.2. The number of benzene rings is 1. The van der Waals surface area contributed by atoms with E-state index in [2.05, 4.69) is 45.0 Å². The largest absolute Gasteiger partial charge is 0.497 e. The van der Waals surface area contributed by atoms with E-state index in [1.165, 1.54) is 5.69 Å². The molecule has 4 rings (SSSR count). The number of methoxy groups -OCH3 is 1. The monoisotopic (exact) mass is 378 g/mol. The zero-order valence-electron chi connectivity index (χ0n) is 15.4. The highest BCUT2D eigenvalue weighted by atomic mass is 32.1. The minimum Gasteiger partial charge on any atom is -0.497 e. The van der Waals surface area contributed by atoms with Crippen LogP contribution >= 0.6 is 12.2 Å². The summed E-state index contributed by atoms with van der Waals surface area (Å²) in [4.78, 5) is 6.76. The molecule has 0 radical (unpaired) electrons. The molecular formula is C21H22N4OS. The van der Waals surface area contributed by atoms with Crippen molar-refractivity contribution in [3.05, 3.63) is 78.4 Å². The molecule has 6 heteroatoms. The summed E-state index contributed by atoms with van der Waals surface area (Å²) in [6.45, 7) is 3.05. The zero-order valence-corrected chi connectivity index (χ0v) is 16.2. The predicted octanol–water partition coefficient (Wildman–Crippen LogP) is 4.09. The lowest BCUT2D eigenvalue weighted by Crippen LogP contribution is -2.30. The van der Waals surface area contributed by atoms with Crippen LogP contribution in [0.3, 0.4) is 0 Å². The van der Waals surface area contributed by atoms with Crippen LogP contribution in [0, 0.1) is 0 Å². The lowest BCUT2D eigenvalue weighted by atomic mass is 10.0. The molecule has 1 N–H and O–H groups in total. The zero-order chi connectivity index (χ0) is 18.8. The summed E-state index contributed by atoms with van der Waals surface area (Å²) in [5.41, 5.74) is 3.21. The highest BCUT2D eigenvalue weighted by Crippen LogP contribution is 2.41. The van der Waals surface area contributed by atoms with Gasteiger partial charge in [0.25, 0.3) is 0 Å². The van der Waals surface area contributed by atoms with Gasteiger partial charge in [0.1, 0.15) is 11.8 Å². The van der Waals surface area contributed by atoms with Crippen LogP contribution in [0.1, 0.15) is 30.4 Å². The molecule has 0 unspecified atom stereocenters. The molecule has 2 aromatic heterocycles. The van der Waals surface area contributed by atoms with Gasteiger partial charge in [0, 0.05) is 30.3 Å². The summed E-state index contributed by atoms with van der Waals surface area (Å²) in [5.74, 6) is 0.826. The van der Waals surface area contributed by atoms with Gasteiger partial charge in [-0.1, -0.05) is 6.07 Å². The fraction of sp³-hybridized carbons (Fsp3) is 0.238. The van der Waals surface area contributed by atoms with Gasteiger partial charge in [-0.25, -0.2) is 0 Å². The van der Waals surface area contributed by atoms with E-state index in [1.807, 2.05) is 48.7 Å². The second kappa shape index (κ2) is 7.40. The summed E-state index contributed by atoms with van der Waals surface area (Å²) >= 11 is 5.74. The third kappa shape index (κ3) is 3.17. The van der Waals surface area contributed by atoms with Crippen LogP contribution in [0.25, 0.3) is 0 Å². The Bertz CT molecular complexity index is 923. The number of hydrogen-bond acceptors (Lipinski definition) is 3. The summed E-state index contributed by atoms with van der Waals surface area (Å²) in [6, 6.07) is 18.2. The minimum atomic E-state index is -0.0269. The Morgan fingerprint density at radius 3 is 2.59 bits per heavy atom. The standard InChI is InChI=1S/C21H22N4OS/c1-3-24-14-6-8-18(24)20-19(17-7-4-5-13-22-17)23-21(27)25(20)15-9-11-16(26-2)12-10-15/h4-14,19-20H,3H2,1-2H3,(H,23,27)/t19-,20-/m1/s1. The fourth-order valence-corrected chi connectivity index (χ4v) is 4.01. The molecule has 0 amide bonds. The van der Waals surface area contributed by atoms with E-state index in [9.17, 15) is 0 Å². The van der Waals surface area contributed by atoms with Crippen LogP contribution in [-0.2, 0) is 6.54 Å². The summed E-state index contributed by atoms with van der Waals surface area (Å²) < 4.78 is 7.56. The van der Waals surface area contributed by atoms with Crippen LogP contribution in [0.4, 0.5) is 5.69 Å². The molecule has 2 atom stereocenters. The van der Waals surface area contributed by atoms with E-state index in [0.29, 0.717) is 5.11 Å². The van der Waals surface area contributed by atoms with Crippen LogP contribution in [-0.4, -0.2) is 21.8 Å². The van der Waals surface area contributed by atoms with Gasteiger partial charge in [-0.3, -0.25) is 4.98 Å². The van der Waals surface area contributed by atoms with E-state index >= 15 is 0 Å². The van der Waals surface area contributed by atoms with Crippen molar-refractivity contribution in [1.82, 2.24) is 14.9 Å². The SMILES string of the molecule is CCn1cccc1[C@@H]1[C@@H](c2ccccn2)NC(=S)N1c1ccc(OC)cc1. The van der Waals surface area contributed by atoms with Crippen LogP contribution in [0.5, 0.6) is 5.75 Å². The van der Waals surface area contributed by atoms with Crippen LogP contribution in [0.15, 0.2) is 67.0 Å². The lowest BCUT2D eigenvalue weighted by Gasteiger charge is -2.28. The highest BCUT2D eigenvalue weighted by molar-refractivity contribution is 7.80. The number of nitrogens with zero attached hydrogens (tertiary/aromatic N) is 3. The molecule has 3 heterocycles. The molecule has 0 aliphatic carbocycles. The molecule has 138 valence electrons. The second-order valence-electron chi connectivity index (χ2n) is 6.41. The van der Waals surface area contributed by atoms with E-state index in [1.54, 1.807) is 7.11 Å². The van der Waals surface area contributed by atoms with Crippen molar-refractivity contribution < 1.29 is 4.74 Å². The first-order valence-electron chi connectivity index (χ1n) is 9.02. The van der Waals surface area contributed by atoms with Gasteiger partial charge >= 0.3 is 0 Å². The topological polar surface area (TPSA) is 42.3 Å². The third-order valence-electron chi connectivity index (χ3n) is 4.96. The fourth-order valence-electron chi connectivity index (χ4n) is 3.66. The maximum Gasteiger partial charge on any atom is 0.174 e. The van der Waals surface area contributed by atoms with Crippen LogP contribution in [0.2, 0.25) is 0 Å². The Morgan fingerprint density at radius 2 is 1.93 bits per heavy atom. The van der Waals surface area contributed by atoms with Crippen molar-refractivity contribution in [1.29, 1.82) is 0 Å². The first-order chi connectivity index (χ1) is 13.2. The molecule has 1 aromatic carbocycles. The number of aromatic nitrogens is 2. The van der Waals surface area contributed by atoms with Gasteiger partial charge in [-0.15, -0.1) is 0 Å². The molecule has 0 bridgehead atoms. The average Bonchev–Trinajstić information content (AvgIpc) is 3.32. The van der Waals surface area contributed by atoms with Crippen molar-refractivity contribution >= 4 is 23.0 Å².